The van der Waals surface area contributed by atoms with E-state index in [2.05, 4.69) is 22.2 Å². The average molecular weight is 817 g/mol. The van der Waals surface area contributed by atoms with Crippen molar-refractivity contribution in [1.29, 1.82) is 0 Å². The molecule has 0 atom stereocenters. The number of rotatable bonds is 16. The van der Waals surface area contributed by atoms with Crippen molar-refractivity contribution >= 4 is 35.6 Å². The predicted octanol–water partition coefficient (Wildman–Crippen LogP) is 6.64. The summed E-state index contributed by atoms with van der Waals surface area (Å²) in [5.74, 6) is 1.98. The second-order valence-corrected chi connectivity index (χ2v) is 15.4. The molecule has 0 unspecified atom stereocenters. The highest BCUT2D eigenvalue weighted by Crippen LogP contribution is 2.25. The summed E-state index contributed by atoms with van der Waals surface area (Å²) >= 11 is 12.0. The lowest BCUT2D eigenvalue weighted by atomic mass is 10.2. The van der Waals surface area contributed by atoms with Gasteiger partial charge in [0.1, 0.15) is 23.0 Å². The Morgan fingerprint density at radius 2 is 1.09 bits per heavy atom. The average Bonchev–Trinajstić information content (AvgIpc) is 3.99. The SMILES string of the molecule is C[N+]1(CCCCn2c(O)cn(N=Cc3ccc(-c4ccc(Cl)cc4)o3)c2=O)CCN(CCCCn2c(O)cn(N=Cc3ccc(-c4ccc(Cl)cc4)o3)c2=O)CC1. The molecule has 4 aromatic heterocycles. The summed E-state index contributed by atoms with van der Waals surface area (Å²) < 4.78 is 17.5. The highest BCUT2D eigenvalue weighted by Gasteiger charge is 2.28. The van der Waals surface area contributed by atoms with Gasteiger partial charge in [-0.2, -0.15) is 19.6 Å². The Morgan fingerprint density at radius 3 is 1.56 bits per heavy atom. The highest BCUT2D eigenvalue weighted by molar-refractivity contribution is 6.30. The van der Waals surface area contributed by atoms with Crippen LogP contribution in [-0.4, -0.2) is 96.8 Å². The molecule has 0 bridgehead atoms. The minimum Gasteiger partial charge on any atom is -0.493 e. The number of piperazine rings is 1. The van der Waals surface area contributed by atoms with Crippen molar-refractivity contribution in [2.24, 2.45) is 10.2 Å². The van der Waals surface area contributed by atoms with E-state index in [1.165, 1.54) is 34.0 Å². The lowest BCUT2D eigenvalue weighted by Gasteiger charge is -2.42. The largest absolute Gasteiger partial charge is 0.493 e. The summed E-state index contributed by atoms with van der Waals surface area (Å²) in [5.41, 5.74) is 0.911. The van der Waals surface area contributed by atoms with E-state index < -0.39 is 11.4 Å². The van der Waals surface area contributed by atoms with Crippen LogP contribution in [0.5, 0.6) is 11.8 Å². The number of imidazole rings is 2. The quantitative estimate of drug-likeness (QED) is 0.0633. The molecule has 14 nitrogen and oxygen atoms in total. The molecule has 2 aromatic carbocycles. The Hall–Kier alpha value is -5.54. The van der Waals surface area contributed by atoms with Gasteiger partial charge in [-0.25, -0.2) is 9.59 Å². The van der Waals surface area contributed by atoms with Gasteiger partial charge in [-0.15, -0.1) is 0 Å². The van der Waals surface area contributed by atoms with Crippen molar-refractivity contribution in [1.82, 2.24) is 23.4 Å². The van der Waals surface area contributed by atoms with Crippen LogP contribution in [0.3, 0.4) is 0 Å². The molecule has 16 heteroatoms. The molecule has 0 saturated carbocycles. The maximum atomic E-state index is 13.0. The Kier molecular flexibility index (Phi) is 12.3. The number of furan rings is 2. The third-order valence-corrected chi connectivity index (χ3v) is 10.9. The molecule has 0 radical (unpaired) electrons. The Bertz CT molecular complexity index is 2440. The van der Waals surface area contributed by atoms with E-state index in [4.69, 9.17) is 32.0 Å². The van der Waals surface area contributed by atoms with Crippen LogP contribution in [0.15, 0.2) is 114 Å². The van der Waals surface area contributed by atoms with E-state index in [0.29, 0.717) is 46.2 Å². The molecule has 1 aliphatic rings. The van der Waals surface area contributed by atoms with Gasteiger partial charge in [-0.05, 0) is 105 Å². The summed E-state index contributed by atoms with van der Waals surface area (Å²) in [6, 6.07) is 21.7. The molecule has 298 valence electrons. The number of aromatic nitrogens is 4. The number of hydrogen-bond donors (Lipinski definition) is 2. The molecule has 5 heterocycles. The number of likely N-dealkylation sites (N-methyl/N-ethyl adjacent to an activating group) is 1. The van der Waals surface area contributed by atoms with E-state index in [1.807, 2.05) is 36.4 Å². The minimum atomic E-state index is -0.416. The summed E-state index contributed by atoms with van der Waals surface area (Å²) in [6.07, 6.45) is 8.78. The maximum absolute atomic E-state index is 13.0. The second-order valence-electron chi connectivity index (χ2n) is 14.5. The standard InChI is InChI=1S/C41H44Cl2N8O6/c1-51(23-5-4-20-48-39(53)29-50(41(48)55)45-27-35-15-17-37(57-35)31-8-12-33(43)13-9-31)24-21-46(22-25-51)18-2-3-19-47-38(52)28-49(40(47)54)44-26-34-14-16-36(56-34)30-6-10-32(42)11-7-30/h6-17,26-29H,2-5,18-25H2,1H3,(H-,52,53)/p+1. The van der Waals surface area contributed by atoms with E-state index in [1.54, 1.807) is 36.4 Å². The van der Waals surface area contributed by atoms with Gasteiger partial charge in [0.15, 0.2) is 0 Å². The number of benzene rings is 2. The molecule has 0 amide bonds. The van der Waals surface area contributed by atoms with Gasteiger partial charge in [-0.3, -0.25) is 14.0 Å². The number of quaternary nitrogens is 1. The fourth-order valence-corrected chi connectivity index (χ4v) is 7.18. The van der Waals surface area contributed by atoms with Gasteiger partial charge < -0.3 is 23.5 Å². The summed E-state index contributed by atoms with van der Waals surface area (Å²) in [5, 5.41) is 30.6. The topological polar surface area (TPSA) is 149 Å². The van der Waals surface area contributed by atoms with Crippen LogP contribution in [0.2, 0.25) is 10.0 Å². The van der Waals surface area contributed by atoms with Crippen LogP contribution in [0.4, 0.5) is 0 Å². The van der Waals surface area contributed by atoms with E-state index in [-0.39, 0.29) is 11.8 Å². The van der Waals surface area contributed by atoms with Gasteiger partial charge >= 0.3 is 11.4 Å². The first-order valence-corrected chi connectivity index (χ1v) is 19.7. The van der Waals surface area contributed by atoms with Crippen LogP contribution < -0.4 is 11.4 Å². The van der Waals surface area contributed by atoms with Crippen molar-refractivity contribution in [2.75, 3.05) is 46.3 Å². The molecule has 1 saturated heterocycles. The Labute approximate surface area is 338 Å². The number of hydrogen-bond acceptors (Lipinski definition) is 9. The number of halogens is 2. The fourth-order valence-electron chi connectivity index (χ4n) is 6.92. The van der Waals surface area contributed by atoms with E-state index in [9.17, 15) is 19.8 Å². The van der Waals surface area contributed by atoms with Crippen LogP contribution in [0, 0.1) is 0 Å². The van der Waals surface area contributed by atoms with Crippen molar-refractivity contribution < 1.29 is 23.5 Å². The first-order valence-electron chi connectivity index (χ1n) is 18.9. The summed E-state index contributed by atoms with van der Waals surface area (Å²) in [4.78, 5) is 28.3. The van der Waals surface area contributed by atoms with Gasteiger partial charge in [0, 0.05) is 47.4 Å². The lowest BCUT2D eigenvalue weighted by molar-refractivity contribution is -0.913. The van der Waals surface area contributed by atoms with E-state index in [0.717, 1.165) is 89.9 Å². The zero-order valence-electron chi connectivity index (χ0n) is 31.6. The van der Waals surface area contributed by atoms with Gasteiger partial charge in [0.05, 0.1) is 51.5 Å². The lowest BCUT2D eigenvalue weighted by Crippen LogP contribution is -2.57. The first-order chi connectivity index (χ1) is 27.5. The van der Waals surface area contributed by atoms with Gasteiger partial charge in [0.25, 0.3) is 0 Å². The number of unbranched alkanes of at least 4 members (excludes halogenated alkanes) is 2. The molecule has 57 heavy (non-hydrogen) atoms. The van der Waals surface area contributed by atoms with Crippen molar-refractivity contribution in [3.8, 4) is 34.4 Å². The van der Waals surface area contributed by atoms with Crippen LogP contribution >= 0.6 is 23.2 Å². The molecular weight excluding hydrogens is 771 g/mol. The zero-order valence-corrected chi connectivity index (χ0v) is 33.1. The van der Waals surface area contributed by atoms with Crippen molar-refractivity contribution in [2.45, 2.75) is 38.8 Å². The summed E-state index contributed by atoms with van der Waals surface area (Å²) in [6.45, 7) is 6.64. The molecular formula is C41H45Cl2N8O6+. The smallest absolute Gasteiger partial charge is 0.351 e. The van der Waals surface area contributed by atoms with Crippen LogP contribution in [0.25, 0.3) is 22.6 Å². The van der Waals surface area contributed by atoms with Gasteiger partial charge in [0.2, 0.25) is 11.8 Å². The first kappa shape index (κ1) is 39.7. The van der Waals surface area contributed by atoms with Gasteiger partial charge in [-0.1, -0.05) is 23.2 Å². The number of nitrogens with zero attached hydrogens (tertiary/aromatic N) is 8. The van der Waals surface area contributed by atoms with Crippen molar-refractivity contribution in [3.05, 3.63) is 128 Å². The third kappa shape index (κ3) is 9.89. The summed E-state index contributed by atoms with van der Waals surface area (Å²) in [7, 11) is 2.27. The molecule has 2 N–H and O–H groups in total. The Balaban J connectivity index is 0.808. The minimum absolute atomic E-state index is 0.131. The number of aromatic hydroxyl groups is 2. The predicted molar refractivity (Wildman–Crippen MR) is 221 cm³/mol. The third-order valence-electron chi connectivity index (χ3n) is 10.4. The molecule has 1 fully saturated rings. The second kappa shape index (κ2) is 17.7. The van der Waals surface area contributed by atoms with E-state index >= 15 is 0 Å². The monoisotopic (exact) mass is 815 g/mol. The zero-order chi connectivity index (χ0) is 39.9. The van der Waals surface area contributed by atoms with Crippen LogP contribution in [-0.2, 0) is 13.1 Å². The molecule has 0 spiro atoms. The molecule has 0 aliphatic carbocycles. The Morgan fingerprint density at radius 1 is 0.649 bits per heavy atom. The van der Waals surface area contributed by atoms with Crippen molar-refractivity contribution in [3.63, 3.8) is 0 Å². The highest BCUT2D eigenvalue weighted by atomic mass is 35.5. The molecule has 7 rings (SSSR count). The molecule has 6 aromatic rings. The molecule has 1 aliphatic heterocycles. The van der Waals surface area contributed by atoms with Crippen LogP contribution in [0.1, 0.15) is 37.2 Å². The normalized spacial score (nSPS) is 14.7. The fraction of sp³-hybridized carbons (Fsp3) is 0.317. The maximum Gasteiger partial charge on any atom is 0.351 e.